The summed E-state index contributed by atoms with van der Waals surface area (Å²) in [5.41, 5.74) is 7.48. The third kappa shape index (κ3) is 2.49. The Morgan fingerprint density at radius 3 is 2.44 bits per heavy atom. The van der Waals surface area contributed by atoms with Crippen LogP contribution >= 0.6 is 0 Å². The molecule has 2 atom stereocenters. The van der Waals surface area contributed by atoms with Crippen LogP contribution in [0.4, 0.5) is 0 Å². The summed E-state index contributed by atoms with van der Waals surface area (Å²) in [6.07, 6.45) is 1.10. The standard InChI is InChI=1S/C16H21NO/c1-4-11(2)16(17)14-6-5-13-10-15(18-3)8-7-12(13)9-14/h5-11,16H,4,17H2,1-3H3. The predicted molar refractivity (Wildman–Crippen MR) is 76.9 cm³/mol. The third-order valence-corrected chi connectivity index (χ3v) is 3.71. The average molecular weight is 243 g/mol. The number of hydrogen-bond acceptors (Lipinski definition) is 2. The van der Waals surface area contributed by atoms with Crippen LogP contribution in [0, 0.1) is 5.92 Å². The van der Waals surface area contributed by atoms with Gasteiger partial charge in [-0.1, -0.05) is 38.5 Å². The minimum atomic E-state index is 0.113. The topological polar surface area (TPSA) is 35.2 Å². The number of fused-ring (bicyclic) bond motifs is 1. The highest BCUT2D eigenvalue weighted by atomic mass is 16.5. The first-order chi connectivity index (χ1) is 8.65. The van der Waals surface area contributed by atoms with E-state index < -0.39 is 0 Å². The van der Waals surface area contributed by atoms with E-state index in [0.717, 1.165) is 12.2 Å². The van der Waals surface area contributed by atoms with Crippen LogP contribution < -0.4 is 10.5 Å². The molecular formula is C16H21NO. The Balaban J connectivity index is 2.38. The second-order valence-corrected chi connectivity index (χ2v) is 4.88. The van der Waals surface area contributed by atoms with Gasteiger partial charge in [-0.25, -0.2) is 0 Å². The summed E-state index contributed by atoms with van der Waals surface area (Å²) in [5, 5.41) is 2.40. The molecular weight excluding hydrogens is 222 g/mol. The highest BCUT2D eigenvalue weighted by Gasteiger charge is 2.13. The normalized spacial score (nSPS) is 14.4. The van der Waals surface area contributed by atoms with Crippen LogP contribution in [0.3, 0.4) is 0 Å². The Morgan fingerprint density at radius 1 is 1.11 bits per heavy atom. The minimum Gasteiger partial charge on any atom is -0.497 e. The summed E-state index contributed by atoms with van der Waals surface area (Å²) in [5.74, 6) is 1.39. The summed E-state index contributed by atoms with van der Waals surface area (Å²) in [6, 6.07) is 12.7. The number of rotatable bonds is 4. The van der Waals surface area contributed by atoms with Gasteiger partial charge in [-0.15, -0.1) is 0 Å². The zero-order valence-corrected chi connectivity index (χ0v) is 11.3. The molecule has 0 spiro atoms. The van der Waals surface area contributed by atoms with Gasteiger partial charge in [0.05, 0.1) is 7.11 Å². The monoisotopic (exact) mass is 243 g/mol. The van der Waals surface area contributed by atoms with Crippen LogP contribution in [-0.4, -0.2) is 7.11 Å². The second-order valence-electron chi connectivity index (χ2n) is 4.88. The van der Waals surface area contributed by atoms with E-state index in [0.29, 0.717) is 5.92 Å². The molecule has 0 aliphatic heterocycles. The molecule has 18 heavy (non-hydrogen) atoms. The van der Waals surface area contributed by atoms with Crippen molar-refractivity contribution in [2.75, 3.05) is 7.11 Å². The minimum absolute atomic E-state index is 0.113. The summed E-state index contributed by atoms with van der Waals surface area (Å²) >= 11 is 0. The van der Waals surface area contributed by atoms with Gasteiger partial charge >= 0.3 is 0 Å². The van der Waals surface area contributed by atoms with Crippen molar-refractivity contribution in [1.29, 1.82) is 0 Å². The summed E-state index contributed by atoms with van der Waals surface area (Å²) in [7, 11) is 1.69. The fraction of sp³-hybridized carbons (Fsp3) is 0.375. The Labute approximate surface area is 109 Å². The fourth-order valence-corrected chi connectivity index (χ4v) is 2.16. The Kier molecular flexibility index (Phi) is 3.87. The van der Waals surface area contributed by atoms with Gasteiger partial charge in [-0.2, -0.15) is 0 Å². The maximum Gasteiger partial charge on any atom is 0.119 e. The highest BCUT2D eigenvalue weighted by Crippen LogP contribution is 2.27. The van der Waals surface area contributed by atoms with E-state index in [2.05, 4.69) is 38.1 Å². The molecule has 0 saturated heterocycles. The van der Waals surface area contributed by atoms with Gasteiger partial charge < -0.3 is 10.5 Å². The van der Waals surface area contributed by atoms with Gasteiger partial charge in [0.2, 0.25) is 0 Å². The van der Waals surface area contributed by atoms with Crippen molar-refractivity contribution in [1.82, 2.24) is 0 Å². The molecule has 2 aromatic carbocycles. The smallest absolute Gasteiger partial charge is 0.119 e. The molecule has 2 heteroatoms. The molecule has 2 unspecified atom stereocenters. The molecule has 0 heterocycles. The molecule has 0 amide bonds. The van der Waals surface area contributed by atoms with E-state index in [1.807, 2.05) is 12.1 Å². The van der Waals surface area contributed by atoms with Gasteiger partial charge in [-0.05, 0) is 40.5 Å². The van der Waals surface area contributed by atoms with Crippen LogP contribution in [0.1, 0.15) is 31.9 Å². The Morgan fingerprint density at radius 2 is 1.78 bits per heavy atom. The average Bonchev–Trinajstić information content (AvgIpc) is 2.44. The molecule has 0 bridgehead atoms. The lowest BCUT2D eigenvalue weighted by Crippen LogP contribution is -2.18. The molecule has 0 aliphatic carbocycles. The van der Waals surface area contributed by atoms with E-state index in [4.69, 9.17) is 10.5 Å². The van der Waals surface area contributed by atoms with E-state index >= 15 is 0 Å². The van der Waals surface area contributed by atoms with Gasteiger partial charge in [0.1, 0.15) is 5.75 Å². The molecule has 2 rings (SSSR count). The van der Waals surface area contributed by atoms with Crippen molar-refractivity contribution in [3.63, 3.8) is 0 Å². The lowest BCUT2D eigenvalue weighted by atomic mass is 9.92. The number of nitrogens with two attached hydrogens (primary N) is 1. The molecule has 2 N–H and O–H groups in total. The van der Waals surface area contributed by atoms with E-state index in [1.54, 1.807) is 7.11 Å². The zero-order chi connectivity index (χ0) is 13.1. The quantitative estimate of drug-likeness (QED) is 0.884. The van der Waals surface area contributed by atoms with Crippen molar-refractivity contribution in [2.45, 2.75) is 26.3 Å². The lowest BCUT2D eigenvalue weighted by Gasteiger charge is -2.19. The van der Waals surface area contributed by atoms with Gasteiger partial charge in [-0.3, -0.25) is 0 Å². The molecule has 0 radical (unpaired) electrons. The van der Waals surface area contributed by atoms with Crippen LogP contribution in [-0.2, 0) is 0 Å². The fourth-order valence-electron chi connectivity index (χ4n) is 2.16. The van der Waals surface area contributed by atoms with Crippen molar-refractivity contribution >= 4 is 10.8 Å². The Hall–Kier alpha value is -1.54. The van der Waals surface area contributed by atoms with E-state index in [9.17, 15) is 0 Å². The molecule has 0 aliphatic rings. The van der Waals surface area contributed by atoms with Gasteiger partial charge in [0, 0.05) is 6.04 Å². The maximum atomic E-state index is 6.27. The van der Waals surface area contributed by atoms with Gasteiger partial charge in [0.15, 0.2) is 0 Å². The SMILES string of the molecule is CCC(C)C(N)c1ccc2cc(OC)ccc2c1. The largest absolute Gasteiger partial charge is 0.497 e. The number of benzene rings is 2. The molecule has 0 fully saturated rings. The number of methoxy groups -OCH3 is 1. The van der Waals surface area contributed by atoms with Gasteiger partial charge in [0.25, 0.3) is 0 Å². The molecule has 2 aromatic rings. The summed E-state index contributed by atoms with van der Waals surface area (Å²) < 4.78 is 5.23. The van der Waals surface area contributed by atoms with E-state index in [-0.39, 0.29) is 6.04 Å². The zero-order valence-electron chi connectivity index (χ0n) is 11.3. The van der Waals surface area contributed by atoms with Crippen molar-refractivity contribution < 1.29 is 4.74 Å². The first-order valence-electron chi connectivity index (χ1n) is 6.49. The number of ether oxygens (including phenoxy) is 1. The molecule has 0 aromatic heterocycles. The van der Waals surface area contributed by atoms with Crippen molar-refractivity contribution in [2.24, 2.45) is 11.7 Å². The lowest BCUT2D eigenvalue weighted by molar-refractivity contribution is 0.415. The second kappa shape index (κ2) is 5.40. The molecule has 2 nitrogen and oxygen atoms in total. The van der Waals surface area contributed by atoms with E-state index in [1.165, 1.54) is 16.3 Å². The highest BCUT2D eigenvalue weighted by molar-refractivity contribution is 5.84. The predicted octanol–water partition coefficient (Wildman–Crippen LogP) is 3.89. The Bertz CT molecular complexity index is 536. The first kappa shape index (κ1) is 12.9. The maximum absolute atomic E-state index is 6.27. The van der Waals surface area contributed by atoms with Crippen LogP contribution in [0.15, 0.2) is 36.4 Å². The van der Waals surface area contributed by atoms with Crippen LogP contribution in [0.5, 0.6) is 5.75 Å². The first-order valence-corrected chi connectivity index (χ1v) is 6.49. The van der Waals surface area contributed by atoms with Crippen molar-refractivity contribution in [3.05, 3.63) is 42.0 Å². The molecule has 96 valence electrons. The summed E-state index contributed by atoms with van der Waals surface area (Å²) in [4.78, 5) is 0. The van der Waals surface area contributed by atoms with Crippen molar-refractivity contribution in [3.8, 4) is 5.75 Å². The van der Waals surface area contributed by atoms with Crippen LogP contribution in [0.25, 0.3) is 10.8 Å². The van der Waals surface area contributed by atoms with Crippen LogP contribution in [0.2, 0.25) is 0 Å². The number of hydrogen-bond donors (Lipinski definition) is 1. The third-order valence-electron chi connectivity index (χ3n) is 3.71. The summed E-state index contributed by atoms with van der Waals surface area (Å²) in [6.45, 7) is 4.37. The molecule has 0 saturated carbocycles.